The molecule has 0 unspecified atom stereocenters. The fourth-order valence-corrected chi connectivity index (χ4v) is 3.31. The lowest BCUT2D eigenvalue weighted by Gasteiger charge is -2.17. The molecule has 3 nitrogen and oxygen atoms in total. The number of amides is 1. The number of carbonyl (C=O) groups is 2. The van der Waals surface area contributed by atoms with Gasteiger partial charge in [0.2, 0.25) is 0 Å². The van der Waals surface area contributed by atoms with Crippen LogP contribution < -0.4 is 4.90 Å². The van der Waals surface area contributed by atoms with Crippen LogP contribution >= 0.6 is 15.9 Å². The summed E-state index contributed by atoms with van der Waals surface area (Å²) in [6, 6.07) is 19.5. The summed E-state index contributed by atoms with van der Waals surface area (Å²) >= 11 is 3.34. The van der Waals surface area contributed by atoms with Gasteiger partial charge in [-0.05, 0) is 40.6 Å². The summed E-state index contributed by atoms with van der Waals surface area (Å²) in [4.78, 5) is 26.0. The van der Waals surface area contributed by atoms with Gasteiger partial charge >= 0.3 is 0 Å². The summed E-state index contributed by atoms with van der Waals surface area (Å²) in [7, 11) is 0. The average Bonchev–Trinajstić information content (AvgIpc) is 2.79. The van der Waals surface area contributed by atoms with Crippen molar-refractivity contribution in [2.75, 3.05) is 4.90 Å². The molecule has 0 fully saturated rings. The molecular formula is C19H12BrNO2. The summed E-state index contributed by atoms with van der Waals surface area (Å²) in [6.07, 6.45) is 0. The number of Topliss-reactive ketones (excluding diaryl/α,β-unsaturated/α-hetero) is 1. The van der Waals surface area contributed by atoms with Gasteiger partial charge in [-0.15, -0.1) is 0 Å². The number of rotatable bonds is 2. The van der Waals surface area contributed by atoms with Gasteiger partial charge < -0.3 is 4.90 Å². The fraction of sp³-hybridized carbons (Fsp3) is 0.0526. The molecule has 0 saturated carbocycles. The van der Waals surface area contributed by atoms with Gasteiger partial charge in [0.15, 0.2) is 0 Å². The lowest BCUT2D eigenvalue weighted by atomic mass is 10.1. The molecule has 23 heavy (non-hydrogen) atoms. The second kappa shape index (κ2) is 5.32. The first-order valence-corrected chi connectivity index (χ1v) is 8.06. The van der Waals surface area contributed by atoms with Gasteiger partial charge in [-0.3, -0.25) is 9.59 Å². The van der Waals surface area contributed by atoms with E-state index in [-0.39, 0.29) is 0 Å². The van der Waals surface area contributed by atoms with Crippen LogP contribution in [-0.4, -0.2) is 11.7 Å². The Bertz CT molecular complexity index is 964. The number of carbonyl (C=O) groups excluding carboxylic acids is 2. The molecule has 112 valence electrons. The van der Waals surface area contributed by atoms with E-state index in [9.17, 15) is 9.59 Å². The third kappa shape index (κ3) is 2.35. The molecule has 0 aromatic heterocycles. The predicted octanol–water partition coefficient (Wildman–Crippen LogP) is 4.33. The second-order valence-corrected chi connectivity index (χ2v) is 6.48. The topological polar surface area (TPSA) is 37.4 Å². The Morgan fingerprint density at radius 3 is 2.48 bits per heavy atom. The zero-order valence-electron chi connectivity index (χ0n) is 12.1. The maximum absolute atomic E-state index is 12.3. The van der Waals surface area contributed by atoms with Crippen molar-refractivity contribution in [3.8, 4) is 0 Å². The van der Waals surface area contributed by atoms with E-state index in [0.29, 0.717) is 17.8 Å². The molecule has 3 aromatic rings. The highest BCUT2D eigenvalue weighted by molar-refractivity contribution is 9.10. The number of halogens is 1. The van der Waals surface area contributed by atoms with E-state index in [1.165, 1.54) is 0 Å². The summed E-state index contributed by atoms with van der Waals surface area (Å²) in [5.41, 5.74) is 2.14. The normalized spacial score (nSPS) is 13.7. The molecule has 0 saturated heterocycles. The molecule has 1 amide bonds. The maximum atomic E-state index is 12.3. The van der Waals surface area contributed by atoms with Crippen molar-refractivity contribution in [1.82, 2.24) is 0 Å². The highest BCUT2D eigenvalue weighted by atomic mass is 79.9. The molecule has 3 aromatic carbocycles. The second-order valence-electron chi connectivity index (χ2n) is 5.56. The number of anilines is 1. The van der Waals surface area contributed by atoms with Crippen LogP contribution in [0, 0.1) is 0 Å². The Balaban J connectivity index is 1.73. The summed E-state index contributed by atoms with van der Waals surface area (Å²) in [6.45, 7) is 0.393. The van der Waals surface area contributed by atoms with Crippen molar-refractivity contribution < 1.29 is 9.59 Å². The van der Waals surface area contributed by atoms with Gasteiger partial charge in [-0.2, -0.15) is 0 Å². The number of hydrogen-bond acceptors (Lipinski definition) is 2. The summed E-state index contributed by atoms with van der Waals surface area (Å²) in [5.74, 6) is -0.909. The Morgan fingerprint density at radius 1 is 0.870 bits per heavy atom. The monoisotopic (exact) mass is 365 g/mol. The molecule has 0 N–H and O–H groups in total. The number of fused-ring (bicyclic) bond motifs is 2. The molecule has 0 aliphatic carbocycles. The van der Waals surface area contributed by atoms with Gasteiger partial charge in [0.25, 0.3) is 11.7 Å². The van der Waals surface area contributed by atoms with Crippen molar-refractivity contribution in [3.63, 3.8) is 0 Å². The van der Waals surface area contributed by atoms with Gasteiger partial charge in [0.1, 0.15) is 0 Å². The van der Waals surface area contributed by atoms with E-state index < -0.39 is 11.7 Å². The van der Waals surface area contributed by atoms with Gasteiger partial charge in [0.05, 0.1) is 17.8 Å². The largest absolute Gasteiger partial charge is 0.300 e. The van der Waals surface area contributed by atoms with Crippen LogP contribution in [0.5, 0.6) is 0 Å². The van der Waals surface area contributed by atoms with Crippen LogP contribution in [0.1, 0.15) is 15.9 Å². The predicted molar refractivity (Wildman–Crippen MR) is 93.6 cm³/mol. The van der Waals surface area contributed by atoms with E-state index in [4.69, 9.17) is 0 Å². The van der Waals surface area contributed by atoms with E-state index in [1.807, 2.05) is 42.5 Å². The third-order valence-electron chi connectivity index (χ3n) is 4.09. The van der Waals surface area contributed by atoms with Crippen LogP contribution in [0.3, 0.4) is 0 Å². The minimum atomic E-state index is -0.466. The lowest BCUT2D eigenvalue weighted by molar-refractivity contribution is -0.114. The van der Waals surface area contributed by atoms with Gasteiger partial charge in [-0.1, -0.05) is 52.3 Å². The van der Waals surface area contributed by atoms with Crippen molar-refractivity contribution in [1.29, 1.82) is 0 Å². The molecule has 1 heterocycles. The van der Waals surface area contributed by atoms with Crippen molar-refractivity contribution in [2.45, 2.75) is 6.54 Å². The van der Waals surface area contributed by atoms with Crippen LogP contribution in [-0.2, 0) is 11.3 Å². The summed E-state index contributed by atoms with van der Waals surface area (Å²) < 4.78 is 0.796. The molecule has 4 rings (SSSR count). The molecule has 0 radical (unpaired) electrons. The Hall–Kier alpha value is -2.46. The molecule has 0 atom stereocenters. The number of nitrogens with zero attached hydrogens (tertiary/aromatic N) is 1. The Kier molecular flexibility index (Phi) is 3.27. The van der Waals surface area contributed by atoms with E-state index >= 15 is 0 Å². The zero-order valence-corrected chi connectivity index (χ0v) is 13.7. The first kappa shape index (κ1) is 14.2. The van der Waals surface area contributed by atoms with Crippen LogP contribution in [0.2, 0.25) is 0 Å². The highest BCUT2D eigenvalue weighted by Gasteiger charge is 2.35. The van der Waals surface area contributed by atoms with Crippen LogP contribution in [0.15, 0.2) is 65.1 Å². The van der Waals surface area contributed by atoms with E-state index in [0.717, 1.165) is 20.8 Å². The number of benzene rings is 3. The first-order valence-electron chi connectivity index (χ1n) is 7.27. The highest BCUT2D eigenvalue weighted by Crippen LogP contribution is 2.32. The van der Waals surface area contributed by atoms with Crippen molar-refractivity contribution >= 4 is 44.1 Å². The van der Waals surface area contributed by atoms with Crippen LogP contribution in [0.4, 0.5) is 5.69 Å². The Morgan fingerprint density at radius 2 is 1.65 bits per heavy atom. The SMILES string of the molecule is O=C1C(=O)N(Cc2ccc3ccccc3c2)c2ccc(Br)cc21. The first-order chi connectivity index (χ1) is 11.1. The standard InChI is InChI=1S/C19H12BrNO2/c20-15-7-8-17-16(10-15)18(22)19(23)21(17)11-12-5-6-13-3-1-2-4-14(13)9-12/h1-10H,11H2. The molecular weight excluding hydrogens is 354 g/mol. The molecule has 1 aliphatic rings. The van der Waals surface area contributed by atoms with Gasteiger partial charge in [0, 0.05) is 4.47 Å². The van der Waals surface area contributed by atoms with Crippen molar-refractivity contribution in [2.24, 2.45) is 0 Å². The third-order valence-corrected chi connectivity index (χ3v) is 4.58. The minimum Gasteiger partial charge on any atom is -0.300 e. The quantitative estimate of drug-likeness (QED) is 0.633. The minimum absolute atomic E-state index is 0.393. The van der Waals surface area contributed by atoms with Crippen LogP contribution in [0.25, 0.3) is 10.8 Å². The maximum Gasteiger partial charge on any atom is 0.299 e. The van der Waals surface area contributed by atoms with Gasteiger partial charge in [-0.25, -0.2) is 0 Å². The average molecular weight is 366 g/mol. The Labute approximate surface area is 141 Å². The zero-order chi connectivity index (χ0) is 16.0. The molecule has 4 heteroatoms. The smallest absolute Gasteiger partial charge is 0.299 e. The molecule has 0 spiro atoms. The van der Waals surface area contributed by atoms with E-state index in [2.05, 4.69) is 28.1 Å². The fourth-order valence-electron chi connectivity index (χ4n) is 2.95. The molecule has 0 bridgehead atoms. The number of hydrogen-bond donors (Lipinski definition) is 0. The lowest BCUT2D eigenvalue weighted by Crippen LogP contribution is -2.29. The number of ketones is 1. The summed E-state index contributed by atoms with van der Waals surface area (Å²) in [5, 5.41) is 2.28. The van der Waals surface area contributed by atoms with E-state index in [1.54, 1.807) is 11.0 Å². The molecule has 1 aliphatic heterocycles. The van der Waals surface area contributed by atoms with Crippen molar-refractivity contribution in [3.05, 3.63) is 76.3 Å².